The van der Waals surface area contributed by atoms with Gasteiger partial charge in [0.2, 0.25) is 0 Å². The van der Waals surface area contributed by atoms with Gasteiger partial charge in [-0.15, -0.1) is 0 Å². The van der Waals surface area contributed by atoms with E-state index in [0.29, 0.717) is 5.56 Å². The molecule has 1 fully saturated rings. The molecule has 0 spiro atoms. The first kappa shape index (κ1) is 16.2. The van der Waals surface area contributed by atoms with E-state index in [1.807, 2.05) is 54.7 Å². The summed E-state index contributed by atoms with van der Waals surface area (Å²) in [7, 11) is 1.88. The van der Waals surface area contributed by atoms with Crippen molar-refractivity contribution in [2.24, 2.45) is 0 Å². The van der Waals surface area contributed by atoms with Gasteiger partial charge in [-0.05, 0) is 67.0 Å². The number of carbonyl (C=O) groups is 1. The zero-order chi connectivity index (χ0) is 16.6. The Morgan fingerprint density at radius 2 is 2.04 bits per heavy atom. The third-order valence-electron chi connectivity index (χ3n) is 4.46. The molecule has 2 aromatic rings. The Hall–Kier alpha value is -1.66. The molecule has 1 amide bonds. The number of amides is 1. The Morgan fingerprint density at radius 1 is 1.35 bits per heavy atom. The van der Waals surface area contributed by atoms with Crippen LogP contribution in [0.5, 0.6) is 0 Å². The number of rotatable bonds is 3. The molecule has 1 saturated heterocycles. The fraction of sp³-hybridized carbons (Fsp3) is 0.412. The van der Waals surface area contributed by atoms with Crippen LogP contribution in [-0.4, -0.2) is 46.8 Å². The molecule has 0 saturated carbocycles. The van der Waals surface area contributed by atoms with Crippen molar-refractivity contribution >= 4 is 21.8 Å². The lowest BCUT2D eigenvalue weighted by molar-refractivity contribution is 0.0744. The normalized spacial score (nSPS) is 17.5. The summed E-state index contributed by atoms with van der Waals surface area (Å²) < 4.78 is 2.91. The Balaban J connectivity index is 1.81. The molecule has 1 aromatic carbocycles. The summed E-state index contributed by atoms with van der Waals surface area (Å²) in [5.41, 5.74) is 3.67. The van der Waals surface area contributed by atoms with E-state index < -0.39 is 0 Å². The van der Waals surface area contributed by atoms with Crippen LogP contribution < -0.4 is 5.32 Å². The zero-order valence-electron chi connectivity index (χ0n) is 13.6. The lowest BCUT2D eigenvalue weighted by Gasteiger charge is -2.23. The molecule has 1 N–H and O–H groups in total. The van der Waals surface area contributed by atoms with E-state index >= 15 is 0 Å². The number of carbonyl (C=O) groups excluding carboxylic acids is 1. The highest BCUT2D eigenvalue weighted by molar-refractivity contribution is 9.10. The summed E-state index contributed by atoms with van der Waals surface area (Å²) in [6.45, 7) is 5.84. The molecule has 0 radical (unpaired) electrons. The Bertz CT molecular complexity index is 717. The van der Waals surface area contributed by atoms with E-state index in [2.05, 4.69) is 26.3 Å². The van der Waals surface area contributed by atoms with E-state index in [-0.39, 0.29) is 11.9 Å². The predicted octanol–water partition coefficient (Wildman–Crippen LogP) is 2.69. The van der Waals surface area contributed by atoms with Gasteiger partial charge in [0.15, 0.2) is 0 Å². The van der Waals surface area contributed by atoms with Crippen LogP contribution in [0.3, 0.4) is 0 Å². The molecule has 1 aromatic heterocycles. The van der Waals surface area contributed by atoms with Crippen molar-refractivity contribution in [3.63, 3.8) is 0 Å². The van der Waals surface area contributed by atoms with Gasteiger partial charge in [-0.2, -0.15) is 5.10 Å². The summed E-state index contributed by atoms with van der Waals surface area (Å²) >= 11 is 3.54. The highest BCUT2D eigenvalue weighted by Crippen LogP contribution is 2.23. The Kier molecular flexibility index (Phi) is 4.55. The quantitative estimate of drug-likeness (QED) is 0.895. The topological polar surface area (TPSA) is 50.2 Å². The zero-order valence-corrected chi connectivity index (χ0v) is 15.2. The van der Waals surface area contributed by atoms with Gasteiger partial charge in [-0.25, -0.2) is 4.68 Å². The van der Waals surface area contributed by atoms with E-state index in [4.69, 9.17) is 0 Å². The molecule has 5 nitrogen and oxygen atoms in total. The number of aromatic nitrogens is 2. The minimum Gasteiger partial charge on any atom is -0.337 e. The van der Waals surface area contributed by atoms with Crippen LogP contribution in [0.25, 0.3) is 5.69 Å². The first-order valence-electron chi connectivity index (χ1n) is 7.79. The number of likely N-dealkylation sites (N-methyl/N-ethyl adjacent to an activating group) is 1. The number of nitrogens with one attached hydrogen (secondary N) is 1. The summed E-state index contributed by atoms with van der Waals surface area (Å²) in [6.07, 6.45) is 1.01. The SMILES string of the molecule is Cc1nn(-c2ccc(C(=O)N(C)C3CCNC3)cc2)c(C)c1Br. The number of benzene rings is 1. The van der Waals surface area contributed by atoms with E-state index in [1.165, 1.54) is 0 Å². The lowest BCUT2D eigenvalue weighted by Crippen LogP contribution is -2.38. The summed E-state index contributed by atoms with van der Waals surface area (Å²) in [5, 5.41) is 7.81. The van der Waals surface area contributed by atoms with Crippen LogP contribution in [0.2, 0.25) is 0 Å². The third-order valence-corrected chi connectivity index (χ3v) is 5.61. The van der Waals surface area contributed by atoms with Gasteiger partial charge in [0.25, 0.3) is 5.91 Å². The van der Waals surface area contributed by atoms with Crippen molar-refractivity contribution in [1.82, 2.24) is 20.0 Å². The molecule has 122 valence electrons. The average molecular weight is 377 g/mol. The highest BCUT2D eigenvalue weighted by atomic mass is 79.9. The minimum atomic E-state index is 0.0693. The van der Waals surface area contributed by atoms with Gasteiger partial charge >= 0.3 is 0 Å². The monoisotopic (exact) mass is 376 g/mol. The fourth-order valence-corrected chi connectivity index (χ4v) is 3.21. The van der Waals surface area contributed by atoms with Crippen molar-refractivity contribution < 1.29 is 4.79 Å². The maximum atomic E-state index is 12.6. The molecular formula is C17H21BrN4O. The molecule has 6 heteroatoms. The Morgan fingerprint density at radius 3 is 2.57 bits per heavy atom. The summed E-state index contributed by atoms with van der Waals surface area (Å²) in [5.74, 6) is 0.0693. The molecule has 3 rings (SSSR count). The summed E-state index contributed by atoms with van der Waals surface area (Å²) in [6, 6.07) is 7.93. The van der Waals surface area contributed by atoms with Crippen LogP contribution in [0.4, 0.5) is 0 Å². The van der Waals surface area contributed by atoms with Crippen LogP contribution in [0.15, 0.2) is 28.7 Å². The first-order chi connectivity index (χ1) is 11.0. The molecule has 1 unspecified atom stereocenters. The molecule has 2 heterocycles. The fourth-order valence-electron chi connectivity index (χ4n) is 2.96. The molecule has 0 bridgehead atoms. The Labute approximate surface area is 144 Å². The first-order valence-corrected chi connectivity index (χ1v) is 8.58. The van der Waals surface area contributed by atoms with E-state index in [9.17, 15) is 4.79 Å². The van der Waals surface area contributed by atoms with Gasteiger partial charge in [0.1, 0.15) is 0 Å². The van der Waals surface area contributed by atoms with E-state index in [1.54, 1.807) is 0 Å². The van der Waals surface area contributed by atoms with Gasteiger partial charge in [-0.1, -0.05) is 0 Å². The van der Waals surface area contributed by atoms with Crippen molar-refractivity contribution in [1.29, 1.82) is 0 Å². The lowest BCUT2D eigenvalue weighted by atomic mass is 10.1. The predicted molar refractivity (Wildman–Crippen MR) is 94.1 cm³/mol. The standard InChI is InChI=1S/C17H21BrN4O/c1-11-16(18)12(2)22(20-11)14-6-4-13(5-7-14)17(23)21(3)15-8-9-19-10-15/h4-7,15,19H,8-10H2,1-3H3. The van der Waals surface area contributed by atoms with Crippen molar-refractivity contribution in [3.05, 3.63) is 45.7 Å². The number of hydrogen-bond acceptors (Lipinski definition) is 3. The second kappa shape index (κ2) is 6.45. The largest absolute Gasteiger partial charge is 0.337 e. The van der Waals surface area contributed by atoms with Gasteiger partial charge < -0.3 is 10.2 Å². The average Bonchev–Trinajstić information content (AvgIpc) is 3.19. The highest BCUT2D eigenvalue weighted by Gasteiger charge is 2.24. The molecule has 0 aliphatic carbocycles. The van der Waals surface area contributed by atoms with Crippen LogP contribution in [-0.2, 0) is 0 Å². The summed E-state index contributed by atoms with van der Waals surface area (Å²) in [4.78, 5) is 14.4. The number of hydrogen-bond donors (Lipinski definition) is 1. The van der Waals surface area contributed by atoms with Gasteiger partial charge in [-0.3, -0.25) is 4.79 Å². The van der Waals surface area contributed by atoms with Crippen molar-refractivity contribution in [2.45, 2.75) is 26.3 Å². The van der Waals surface area contributed by atoms with Crippen molar-refractivity contribution in [3.8, 4) is 5.69 Å². The number of aryl methyl sites for hydroxylation is 1. The molecular weight excluding hydrogens is 356 g/mol. The number of nitrogens with zero attached hydrogens (tertiary/aromatic N) is 3. The van der Waals surface area contributed by atoms with Gasteiger partial charge in [0, 0.05) is 25.2 Å². The molecule has 1 aliphatic rings. The second-order valence-corrected chi connectivity index (χ2v) is 6.80. The van der Waals surface area contributed by atoms with Crippen LogP contribution in [0.1, 0.15) is 28.2 Å². The smallest absolute Gasteiger partial charge is 0.253 e. The number of halogens is 1. The maximum absolute atomic E-state index is 12.6. The molecule has 23 heavy (non-hydrogen) atoms. The molecule has 1 aliphatic heterocycles. The van der Waals surface area contributed by atoms with Gasteiger partial charge in [0.05, 0.1) is 21.5 Å². The third kappa shape index (κ3) is 3.05. The molecule has 1 atom stereocenters. The maximum Gasteiger partial charge on any atom is 0.253 e. The minimum absolute atomic E-state index is 0.0693. The second-order valence-electron chi connectivity index (χ2n) is 6.01. The van der Waals surface area contributed by atoms with Crippen molar-refractivity contribution in [2.75, 3.05) is 20.1 Å². The van der Waals surface area contributed by atoms with Crippen LogP contribution in [0, 0.1) is 13.8 Å². The van der Waals surface area contributed by atoms with Crippen LogP contribution >= 0.6 is 15.9 Å². The van der Waals surface area contributed by atoms with E-state index in [0.717, 1.165) is 41.1 Å².